The SMILES string of the molecule is Nc1nc(CCCNc2nccc(N3CCC(O)C3)n2)cs1.O=CO.O=CO. The summed E-state index contributed by atoms with van der Waals surface area (Å²) in [5.41, 5.74) is 6.64. The zero-order valence-electron chi connectivity index (χ0n) is 15.1. The van der Waals surface area contributed by atoms with E-state index >= 15 is 0 Å². The second kappa shape index (κ2) is 13.2. The molecule has 11 nitrogen and oxygen atoms in total. The van der Waals surface area contributed by atoms with Crippen molar-refractivity contribution >= 4 is 41.2 Å². The molecule has 0 bridgehead atoms. The highest BCUT2D eigenvalue weighted by atomic mass is 32.1. The van der Waals surface area contributed by atoms with Crippen LogP contribution in [0.15, 0.2) is 17.6 Å². The van der Waals surface area contributed by atoms with Crippen molar-refractivity contribution in [3.8, 4) is 0 Å². The van der Waals surface area contributed by atoms with E-state index in [1.807, 2.05) is 11.4 Å². The van der Waals surface area contributed by atoms with Gasteiger partial charge in [-0.2, -0.15) is 4.98 Å². The Hall–Kier alpha value is -2.99. The van der Waals surface area contributed by atoms with E-state index < -0.39 is 0 Å². The van der Waals surface area contributed by atoms with Crippen LogP contribution in [0.25, 0.3) is 0 Å². The van der Waals surface area contributed by atoms with Crippen LogP contribution in [0.4, 0.5) is 16.9 Å². The third-order valence-corrected chi connectivity index (χ3v) is 4.31. The quantitative estimate of drug-likeness (QED) is 0.330. The van der Waals surface area contributed by atoms with Gasteiger partial charge in [0.1, 0.15) is 5.82 Å². The lowest BCUT2D eigenvalue weighted by Gasteiger charge is -2.16. The fourth-order valence-electron chi connectivity index (χ4n) is 2.47. The summed E-state index contributed by atoms with van der Waals surface area (Å²) in [5, 5.41) is 29.2. The number of aliphatic hydroxyl groups excluding tert-OH is 1. The van der Waals surface area contributed by atoms with Crippen molar-refractivity contribution in [1.29, 1.82) is 0 Å². The van der Waals surface area contributed by atoms with E-state index in [0.29, 0.717) is 17.6 Å². The number of nitrogens with zero attached hydrogens (tertiary/aromatic N) is 4. The van der Waals surface area contributed by atoms with Gasteiger partial charge in [0, 0.05) is 31.2 Å². The van der Waals surface area contributed by atoms with E-state index in [-0.39, 0.29) is 19.0 Å². The van der Waals surface area contributed by atoms with Gasteiger partial charge < -0.3 is 31.3 Å². The predicted octanol–water partition coefficient (Wildman–Crippen LogP) is 0.533. The minimum absolute atomic E-state index is 0.250. The monoisotopic (exact) mass is 412 g/mol. The predicted molar refractivity (Wildman–Crippen MR) is 106 cm³/mol. The zero-order chi connectivity index (χ0) is 20.8. The number of nitrogens with two attached hydrogens (primary N) is 1. The number of thiazole rings is 1. The van der Waals surface area contributed by atoms with E-state index in [1.54, 1.807) is 6.20 Å². The van der Waals surface area contributed by atoms with Crippen LogP contribution in [0.3, 0.4) is 0 Å². The number of nitrogen functional groups attached to an aromatic ring is 1. The molecule has 3 heterocycles. The first-order valence-corrected chi connectivity index (χ1v) is 9.27. The number of anilines is 3. The van der Waals surface area contributed by atoms with Crippen molar-refractivity contribution in [2.24, 2.45) is 0 Å². The second-order valence-electron chi connectivity index (χ2n) is 5.55. The van der Waals surface area contributed by atoms with Crippen molar-refractivity contribution in [2.75, 3.05) is 35.6 Å². The Labute approximate surface area is 165 Å². The lowest BCUT2D eigenvalue weighted by Crippen LogP contribution is -2.22. The lowest BCUT2D eigenvalue weighted by atomic mass is 10.2. The van der Waals surface area contributed by atoms with Crippen LogP contribution >= 0.6 is 11.3 Å². The summed E-state index contributed by atoms with van der Waals surface area (Å²) in [4.78, 5) is 31.8. The molecule has 1 atom stereocenters. The maximum absolute atomic E-state index is 9.60. The Kier molecular flexibility index (Phi) is 10.9. The van der Waals surface area contributed by atoms with Crippen LogP contribution in [-0.2, 0) is 16.0 Å². The van der Waals surface area contributed by atoms with Gasteiger partial charge >= 0.3 is 0 Å². The third-order valence-electron chi connectivity index (χ3n) is 3.59. The highest BCUT2D eigenvalue weighted by molar-refractivity contribution is 7.13. The molecule has 1 aliphatic rings. The normalized spacial score (nSPS) is 14.9. The van der Waals surface area contributed by atoms with Gasteiger partial charge in [-0.3, -0.25) is 9.59 Å². The molecule has 0 amide bonds. The van der Waals surface area contributed by atoms with Crippen molar-refractivity contribution in [1.82, 2.24) is 15.0 Å². The summed E-state index contributed by atoms with van der Waals surface area (Å²) in [6.45, 7) is 1.76. The van der Waals surface area contributed by atoms with Gasteiger partial charge in [0.15, 0.2) is 5.13 Å². The van der Waals surface area contributed by atoms with Crippen molar-refractivity contribution in [3.05, 3.63) is 23.3 Å². The third kappa shape index (κ3) is 8.60. The minimum Gasteiger partial charge on any atom is -0.483 e. The van der Waals surface area contributed by atoms with E-state index in [4.69, 9.17) is 25.5 Å². The summed E-state index contributed by atoms with van der Waals surface area (Å²) in [5.74, 6) is 1.48. The van der Waals surface area contributed by atoms with Gasteiger partial charge in [0.2, 0.25) is 5.95 Å². The molecule has 1 unspecified atom stereocenters. The summed E-state index contributed by atoms with van der Waals surface area (Å²) in [7, 11) is 0. The molecule has 3 rings (SSSR count). The highest BCUT2D eigenvalue weighted by Crippen LogP contribution is 2.18. The van der Waals surface area contributed by atoms with Crippen LogP contribution in [0.1, 0.15) is 18.5 Å². The summed E-state index contributed by atoms with van der Waals surface area (Å²) < 4.78 is 0. The van der Waals surface area contributed by atoms with Crippen molar-refractivity contribution < 1.29 is 24.9 Å². The van der Waals surface area contributed by atoms with Crippen molar-refractivity contribution in [3.63, 3.8) is 0 Å². The molecule has 1 aliphatic heterocycles. The van der Waals surface area contributed by atoms with Crippen LogP contribution in [0.2, 0.25) is 0 Å². The number of carbonyl (C=O) groups is 2. The number of aromatic nitrogens is 3. The Morgan fingerprint density at radius 3 is 2.61 bits per heavy atom. The van der Waals surface area contributed by atoms with Gasteiger partial charge in [-0.05, 0) is 25.3 Å². The van der Waals surface area contributed by atoms with E-state index in [0.717, 1.165) is 43.9 Å². The Balaban J connectivity index is 0.000000582. The van der Waals surface area contributed by atoms with Gasteiger partial charge in [-0.1, -0.05) is 0 Å². The van der Waals surface area contributed by atoms with Gasteiger partial charge in [-0.15, -0.1) is 11.3 Å². The van der Waals surface area contributed by atoms with Crippen molar-refractivity contribution in [2.45, 2.75) is 25.4 Å². The number of nitrogens with one attached hydrogen (secondary N) is 1. The van der Waals surface area contributed by atoms with E-state index in [9.17, 15) is 5.11 Å². The molecule has 28 heavy (non-hydrogen) atoms. The first kappa shape index (κ1) is 23.0. The molecule has 1 saturated heterocycles. The molecule has 6 N–H and O–H groups in total. The number of carboxylic acid groups (broad SMARTS) is 2. The average Bonchev–Trinajstić information content (AvgIpc) is 3.29. The molecule has 2 aromatic rings. The molecule has 0 saturated carbocycles. The van der Waals surface area contributed by atoms with Crippen LogP contribution in [0, 0.1) is 0 Å². The van der Waals surface area contributed by atoms with Crippen LogP contribution < -0.4 is 16.0 Å². The van der Waals surface area contributed by atoms with Gasteiger partial charge in [-0.25, -0.2) is 9.97 Å². The topological polar surface area (TPSA) is 175 Å². The number of hydrogen-bond acceptors (Lipinski definition) is 10. The maximum atomic E-state index is 9.60. The molecule has 0 radical (unpaired) electrons. The Morgan fingerprint density at radius 1 is 1.32 bits per heavy atom. The molecule has 0 spiro atoms. The minimum atomic E-state index is -0.253. The molecule has 0 aromatic carbocycles. The standard InChI is InChI=1S/C14H20N6OS.2CH2O2/c15-13-18-10(9-22-13)2-1-5-16-14-17-6-3-12(19-14)20-7-4-11(21)8-20;2*2-1-3/h3,6,9,11,21H,1-2,4-5,7-8H2,(H2,15,18)(H,16,17,19);2*1H,(H,2,3). The second-order valence-corrected chi connectivity index (χ2v) is 6.43. The van der Waals surface area contributed by atoms with E-state index in [1.165, 1.54) is 11.3 Å². The average molecular weight is 412 g/mol. The number of β-amino-alcohol motifs (C(OH)–C–C–N with tert-alkyl or cyclic N) is 1. The summed E-state index contributed by atoms with van der Waals surface area (Å²) >= 11 is 1.47. The molecular weight excluding hydrogens is 388 g/mol. The number of hydrogen-bond donors (Lipinski definition) is 5. The molecule has 1 fully saturated rings. The molecule has 12 heteroatoms. The van der Waals surface area contributed by atoms with E-state index in [2.05, 4.69) is 25.2 Å². The zero-order valence-corrected chi connectivity index (χ0v) is 16.0. The number of aryl methyl sites for hydroxylation is 1. The van der Waals surface area contributed by atoms with Gasteiger partial charge in [0.05, 0.1) is 11.8 Å². The summed E-state index contributed by atoms with van der Waals surface area (Å²) in [6.07, 6.45) is 4.12. The Bertz CT molecular complexity index is 710. The smallest absolute Gasteiger partial charge is 0.290 e. The molecule has 2 aromatic heterocycles. The fraction of sp³-hybridized carbons (Fsp3) is 0.438. The van der Waals surface area contributed by atoms with Crippen LogP contribution in [-0.4, -0.2) is 69.0 Å². The summed E-state index contributed by atoms with van der Waals surface area (Å²) in [6, 6.07) is 1.88. The molecule has 154 valence electrons. The number of aliphatic hydroxyl groups is 1. The number of rotatable bonds is 6. The van der Waals surface area contributed by atoms with Crippen LogP contribution in [0.5, 0.6) is 0 Å². The largest absolute Gasteiger partial charge is 0.483 e. The maximum Gasteiger partial charge on any atom is 0.290 e. The lowest BCUT2D eigenvalue weighted by molar-refractivity contribution is -0.123. The fourth-order valence-corrected chi connectivity index (χ4v) is 3.06. The first-order chi connectivity index (χ1) is 13.5. The molecule has 0 aliphatic carbocycles. The highest BCUT2D eigenvalue weighted by Gasteiger charge is 2.21. The Morgan fingerprint density at radius 2 is 2.04 bits per heavy atom. The molecular formula is C16H24N6O5S. The van der Waals surface area contributed by atoms with Gasteiger partial charge in [0.25, 0.3) is 12.9 Å². The first-order valence-electron chi connectivity index (χ1n) is 8.39.